The van der Waals surface area contributed by atoms with Crippen LogP contribution in [0.2, 0.25) is 5.02 Å². The molecule has 0 atom stereocenters. The Balaban J connectivity index is 1.58. The first-order valence-electron chi connectivity index (χ1n) is 8.60. The molecule has 1 saturated carbocycles. The minimum atomic E-state index is 0.0773. The number of nitrogens with zero attached hydrogens (tertiary/aromatic N) is 5. The molecular formula is C17H22ClN5OS. The summed E-state index contributed by atoms with van der Waals surface area (Å²) in [6.45, 7) is 3.19. The normalized spacial score (nSPS) is 14.8. The van der Waals surface area contributed by atoms with E-state index in [0.29, 0.717) is 29.9 Å². The van der Waals surface area contributed by atoms with E-state index in [2.05, 4.69) is 15.5 Å². The molecule has 0 unspecified atom stereocenters. The number of tetrazole rings is 1. The molecule has 1 aromatic heterocycles. The van der Waals surface area contributed by atoms with Crippen molar-refractivity contribution in [1.82, 2.24) is 25.1 Å². The molecule has 0 N–H and O–H groups in total. The number of halogens is 1. The van der Waals surface area contributed by atoms with Gasteiger partial charge in [-0.15, -0.1) is 5.10 Å². The molecule has 1 aliphatic carbocycles. The van der Waals surface area contributed by atoms with Crippen LogP contribution in [0.5, 0.6) is 0 Å². The van der Waals surface area contributed by atoms with Gasteiger partial charge in [-0.25, -0.2) is 4.68 Å². The number of amides is 1. The van der Waals surface area contributed by atoms with Crippen molar-refractivity contribution in [3.05, 3.63) is 34.9 Å². The fraction of sp³-hybridized carbons (Fsp3) is 0.529. The number of carbonyl (C=O) groups is 1. The van der Waals surface area contributed by atoms with Crippen LogP contribution in [0.1, 0.15) is 44.2 Å². The lowest BCUT2D eigenvalue weighted by molar-refractivity contribution is -0.128. The SMILES string of the molecule is CCN(Cc1cccc(Cl)c1)C(=O)CSc1nnnn1C1CCCC1. The Hall–Kier alpha value is -1.60. The molecule has 1 aliphatic rings. The molecule has 1 aromatic carbocycles. The summed E-state index contributed by atoms with van der Waals surface area (Å²) in [7, 11) is 0. The van der Waals surface area contributed by atoms with Crippen molar-refractivity contribution < 1.29 is 4.79 Å². The standard InChI is InChI=1S/C17H22ClN5OS/c1-2-22(11-13-6-5-7-14(18)10-13)16(24)12-25-17-19-20-21-23(17)15-8-3-4-9-15/h5-7,10,15H,2-4,8-9,11-12H2,1H3. The van der Waals surface area contributed by atoms with Gasteiger partial charge in [0.25, 0.3) is 0 Å². The predicted octanol–water partition coefficient (Wildman–Crippen LogP) is 3.58. The van der Waals surface area contributed by atoms with Crippen LogP contribution in [-0.4, -0.2) is 43.3 Å². The van der Waals surface area contributed by atoms with E-state index in [-0.39, 0.29) is 5.91 Å². The lowest BCUT2D eigenvalue weighted by Gasteiger charge is -2.21. The number of carbonyl (C=O) groups excluding carboxylic acids is 1. The van der Waals surface area contributed by atoms with E-state index in [1.54, 1.807) is 0 Å². The van der Waals surface area contributed by atoms with E-state index in [9.17, 15) is 4.79 Å². The zero-order chi connectivity index (χ0) is 17.6. The number of hydrogen-bond acceptors (Lipinski definition) is 5. The number of aromatic nitrogens is 4. The van der Waals surface area contributed by atoms with Crippen molar-refractivity contribution in [2.24, 2.45) is 0 Å². The van der Waals surface area contributed by atoms with Gasteiger partial charge in [0.15, 0.2) is 0 Å². The number of benzene rings is 1. The van der Waals surface area contributed by atoms with Gasteiger partial charge < -0.3 is 4.90 Å². The van der Waals surface area contributed by atoms with Gasteiger partial charge in [-0.05, 0) is 47.9 Å². The minimum absolute atomic E-state index is 0.0773. The maximum atomic E-state index is 12.6. The third kappa shape index (κ3) is 4.73. The summed E-state index contributed by atoms with van der Waals surface area (Å²) in [5, 5.41) is 13.4. The summed E-state index contributed by atoms with van der Waals surface area (Å²) in [4.78, 5) is 14.4. The Morgan fingerprint density at radius 1 is 1.40 bits per heavy atom. The first-order chi connectivity index (χ1) is 12.2. The van der Waals surface area contributed by atoms with E-state index in [1.165, 1.54) is 24.6 Å². The molecule has 134 valence electrons. The van der Waals surface area contributed by atoms with Gasteiger partial charge in [-0.2, -0.15) is 0 Å². The van der Waals surface area contributed by atoms with Gasteiger partial charge in [0.05, 0.1) is 11.8 Å². The first-order valence-corrected chi connectivity index (χ1v) is 9.96. The smallest absolute Gasteiger partial charge is 0.233 e. The van der Waals surface area contributed by atoms with Crippen LogP contribution in [0.15, 0.2) is 29.4 Å². The van der Waals surface area contributed by atoms with Crippen LogP contribution in [-0.2, 0) is 11.3 Å². The van der Waals surface area contributed by atoms with Crippen LogP contribution in [0.4, 0.5) is 0 Å². The lowest BCUT2D eigenvalue weighted by atomic mass is 10.2. The Morgan fingerprint density at radius 3 is 2.92 bits per heavy atom. The zero-order valence-electron chi connectivity index (χ0n) is 14.3. The van der Waals surface area contributed by atoms with Crippen molar-refractivity contribution in [3.63, 3.8) is 0 Å². The largest absolute Gasteiger partial charge is 0.338 e. The number of hydrogen-bond donors (Lipinski definition) is 0. The average molecular weight is 380 g/mol. The molecule has 3 rings (SSSR count). The fourth-order valence-corrected chi connectivity index (χ4v) is 4.17. The van der Waals surface area contributed by atoms with Crippen molar-refractivity contribution in [2.45, 2.75) is 50.4 Å². The molecule has 0 saturated heterocycles. The Kier molecular flexibility index (Phi) is 6.31. The Labute approximate surface area is 156 Å². The quantitative estimate of drug-likeness (QED) is 0.688. The van der Waals surface area contributed by atoms with Gasteiger partial charge in [-0.1, -0.05) is 48.3 Å². The zero-order valence-corrected chi connectivity index (χ0v) is 15.8. The van der Waals surface area contributed by atoms with Crippen molar-refractivity contribution in [3.8, 4) is 0 Å². The van der Waals surface area contributed by atoms with Crippen LogP contribution in [0.25, 0.3) is 0 Å². The summed E-state index contributed by atoms with van der Waals surface area (Å²) < 4.78 is 1.89. The molecule has 2 aromatic rings. The highest BCUT2D eigenvalue weighted by atomic mass is 35.5. The second-order valence-corrected chi connectivity index (χ2v) is 7.55. The highest BCUT2D eigenvalue weighted by Crippen LogP contribution is 2.31. The van der Waals surface area contributed by atoms with Gasteiger partial charge in [0, 0.05) is 18.1 Å². The van der Waals surface area contributed by atoms with E-state index >= 15 is 0 Å². The molecule has 0 bridgehead atoms. The first kappa shape index (κ1) is 18.2. The summed E-state index contributed by atoms with van der Waals surface area (Å²) in [5.74, 6) is 0.412. The molecule has 25 heavy (non-hydrogen) atoms. The molecular weight excluding hydrogens is 358 g/mol. The van der Waals surface area contributed by atoms with E-state index in [0.717, 1.165) is 23.6 Å². The van der Waals surface area contributed by atoms with Crippen LogP contribution in [0, 0.1) is 0 Å². The Morgan fingerprint density at radius 2 is 2.20 bits per heavy atom. The average Bonchev–Trinajstić information content (AvgIpc) is 3.28. The fourth-order valence-electron chi connectivity index (χ4n) is 3.11. The second kappa shape index (κ2) is 8.67. The highest BCUT2D eigenvalue weighted by Gasteiger charge is 2.22. The number of rotatable bonds is 7. The van der Waals surface area contributed by atoms with Gasteiger partial charge in [0.1, 0.15) is 0 Å². The summed E-state index contributed by atoms with van der Waals surface area (Å²) in [6.07, 6.45) is 4.67. The third-order valence-corrected chi connectivity index (χ3v) is 5.61. The van der Waals surface area contributed by atoms with E-state index in [1.807, 2.05) is 40.8 Å². The maximum absolute atomic E-state index is 12.6. The summed E-state index contributed by atoms with van der Waals surface area (Å²) in [5.41, 5.74) is 1.03. The third-order valence-electron chi connectivity index (χ3n) is 4.45. The summed E-state index contributed by atoms with van der Waals surface area (Å²) >= 11 is 7.44. The maximum Gasteiger partial charge on any atom is 0.233 e. The highest BCUT2D eigenvalue weighted by molar-refractivity contribution is 7.99. The molecule has 0 aliphatic heterocycles. The monoisotopic (exact) mass is 379 g/mol. The number of thioether (sulfide) groups is 1. The van der Waals surface area contributed by atoms with Crippen molar-refractivity contribution >= 4 is 29.3 Å². The van der Waals surface area contributed by atoms with E-state index in [4.69, 9.17) is 11.6 Å². The predicted molar refractivity (Wildman–Crippen MR) is 98.6 cm³/mol. The molecule has 0 radical (unpaired) electrons. The van der Waals surface area contributed by atoms with Gasteiger partial charge in [0.2, 0.25) is 11.1 Å². The molecule has 1 fully saturated rings. The molecule has 8 heteroatoms. The summed E-state index contributed by atoms with van der Waals surface area (Å²) in [6, 6.07) is 7.99. The topological polar surface area (TPSA) is 63.9 Å². The lowest BCUT2D eigenvalue weighted by Crippen LogP contribution is -2.31. The molecule has 0 spiro atoms. The van der Waals surface area contributed by atoms with Crippen LogP contribution < -0.4 is 0 Å². The van der Waals surface area contributed by atoms with Crippen molar-refractivity contribution in [1.29, 1.82) is 0 Å². The van der Waals surface area contributed by atoms with Gasteiger partial charge in [-0.3, -0.25) is 4.79 Å². The molecule has 1 amide bonds. The van der Waals surface area contributed by atoms with Crippen LogP contribution in [0.3, 0.4) is 0 Å². The molecule has 1 heterocycles. The second-order valence-electron chi connectivity index (χ2n) is 6.17. The van der Waals surface area contributed by atoms with Crippen molar-refractivity contribution in [2.75, 3.05) is 12.3 Å². The minimum Gasteiger partial charge on any atom is -0.338 e. The van der Waals surface area contributed by atoms with Crippen LogP contribution >= 0.6 is 23.4 Å². The van der Waals surface area contributed by atoms with E-state index < -0.39 is 0 Å². The van der Waals surface area contributed by atoms with Gasteiger partial charge >= 0.3 is 0 Å². The Bertz CT molecular complexity index is 717. The molecule has 6 nitrogen and oxygen atoms in total.